The van der Waals surface area contributed by atoms with Crippen molar-refractivity contribution in [3.05, 3.63) is 0 Å². The molecule has 2 rings (SSSR count). The largest absolute Gasteiger partial charge is 0.378 e. The lowest BCUT2D eigenvalue weighted by atomic mass is 9.80. The van der Waals surface area contributed by atoms with Gasteiger partial charge in [0, 0.05) is 11.6 Å². The Morgan fingerprint density at radius 3 is 2.73 bits per heavy atom. The third-order valence-corrected chi connectivity index (χ3v) is 4.31. The van der Waals surface area contributed by atoms with E-state index in [9.17, 15) is 0 Å². The van der Waals surface area contributed by atoms with Gasteiger partial charge in [-0.3, -0.25) is 0 Å². The van der Waals surface area contributed by atoms with Gasteiger partial charge in [-0.2, -0.15) is 0 Å². The van der Waals surface area contributed by atoms with Gasteiger partial charge in [-0.1, -0.05) is 39.5 Å². The quantitative estimate of drug-likeness (QED) is 0.758. The fourth-order valence-electron chi connectivity index (χ4n) is 2.97. The zero-order chi connectivity index (χ0) is 10.7. The maximum absolute atomic E-state index is 5.84. The second kappa shape index (κ2) is 4.84. The fraction of sp³-hybridized carbons (Fsp3) is 1.00. The monoisotopic (exact) mass is 211 g/mol. The molecule has 0 bridgehead atoms. The van der Waals surface area contributed by atoms with Gasteiger partial charge in [0.15, 0.2) is 0 Å². The third kappa shape index (κ3) is 2.54. The minimum Gasteiger partial charge on any atom is -0.378 e. The van der Waals surface area contributed by atoms with Crippen molar-refractivity contribution < 1.29 is 4.74 Å². The first-order valence-electron chi connectivity index (χ1n) is 6.61. The molecule has 88 valence electrons. The van der Waals surface area contributed by atoms with Crippen LogP contribution in [0.15, 0.2) is 0 Å². The van der Waals surface area contributed by atoms with Crippen LogP contribution in [0.4, 0.5) is 0 Å². The molecule has 0 aromatic heterocycles. The Bertz CT molecular complexity index is 193. The molecule has 2 fully saturated rings. The van der Waals surface area contributed by atoms with Crippen LogP contribution < -0.4 is 5.32 Å². The van der Waals surface area contributed by atoms with E-state index in [2.05, 4.69) is 19.2 Å². The minimum absolute atomic E-state index is 0.338. The second-order valence-corrected chi connectivity index (χ2v) is 5.49. The smallest absolute Gasteiger partial charge is 0.0649 e. The van der Waals surface area contributed by atoms with Crippen molar-refractivity contribution in [3.8, 4) is 0 Å². The van der Waals surface area contributed by atoms with E-state index in [4.69, 9.17) is 4.74 Å². The van der Waals surface area contributed by atoms with Gasteiger partial charge in [0.25, 0.3) is 0 Å². The van der Waals surface area contributed by atoms with Crippen molar-refractivity contribution in [3.63, 3.8) is 0 Å². The number of rotatable bonds is 2. The van der Waals surface area contributed by atoms with Gasteiger partial charge in [-0.05, 0) is 18.8 Å². The van der Waals surface area contributed by atoms with Crippen LogP contribution in [0.3, 0.4) is 0 Å². The highest BCUT2D eigenvalue weighted by atomic mass is 16.5. The summed E-state index contributed by atoms with van der Waals surface area (Å²) in [4.78, 5) is 0. The van der Waals surface area contributed by atoms with E-state index in [0.29, 0.717) is 11.6 Å². The Hall–Kier alpha value is -0.0800. The van der Waals surface area contributed by atoms with Crippen molar-refractivity contribution in [2.45, 2.75) is 64.0 Å². The molecule has 2 nitrogen and oxygen atoms in total. The predicted molar refractivity (Wildman–Crippen MR) is 63.0 cm³/mol. The van der Waals surface area contributed by atoms with Gasteiger partial charge in [-0.25, -0.2) is 0 Å². The first-order valence-corrected chi connectivity index (χ1v) is 6.61. The second-order valence-electron chi connectivity index (χ2n) is 5.49. The van der Waals surface area contributed by atoms with Crippen LogP contribution in [0, 0.1) is 5.92 Å². The van der Waals surface area contributed by atoms with Crippen molar-refractivity contribution in [2.24, 2.45) is 5.92 Å². The number of ether oxygens (including phenoxy) is 1. The van der Waals surface area contributed by atoms with Crippen molar-refractivity contribution >= 4 is 0 Å². The molecule has 0 radical (unpaired) electrons. The molecule has 1 saturated carbocycles. The first-order chi connectivity index (χ1) is 7.26. The summed E-state index contributed by atoms with van der Waals surface area (Å²) >= 11 is 0. The highest BCUT2D eigenvalue weighted by Crippen LogP contribution is 2.32. The zero-order valence-electron chi connectivity index (χ0n) is 10.2. The normalized spacial score (nSPS) is 32.8. The summed E-state index contributed by atoms with van der Waals surface area (Å²) in [6.45, 7) is 6.47. The maximum atomic E-state index is 5.84. The average molecular weight is 211 g/mol. The lowest BCUT2D eigenvalue weighted by molar-refractivity contribution is -0.0300. The molecular formula is C13H25NO. The Balaban J connectivity index is 1.96. The van der Waals surface area contributed by atoms with E-state index in [1.807, 2.05) is 0 Å². The SMILES string of the molecule is CCC(C)[C@H]1COCC2(CCCCC2)N1. The zero-order valence-corrected chi connectivity index (χ0v) is 10.2. The van der Waals surface area contributed by atoms with Gasteiger partial charge >= 0.3 is 0 Å². The third-order valence-electron chi connectivity index (χ3n) is 4.31. The van der Waals surface area contributed by atoms with E-state index in [1.165, 1.54) is 38.5 Å². The summed E-state index contributed by atoms with van der Waals surface area (Å²) in [5.41, 5.74) is 0.338. The van der Waals surface area contributed by atoms with Crippen LogP contribution >= 0.6 is 0 Å². The highest BCUT2D eigenvalue weighted by molar-refractivity contribution is 4.96. The Labute approximate surface area is 93.8 Å². The van der Waals surface area contributed by atoms with Gasteiger partial charge in [0.05, 0.1) is 13.2 Å². The number of nitrogens with one attached hydrogen (secondary N) is 1. The molecule has 1 N–H and O–H groups in total. The summed E-state index contributed by atoms with van der Waals surface area (Å²) in [5, 5.41) is 3.89. The van der Waals surface area contributed by atoms with Gasteiger partial charge in [0.2, 0.25) is 0 Å². The van der Waals surface area contributed by atoms with E-state index < -0.39 is 0 Å². The van der Waals surface area contributed by atoms with Crippen LogP contribution in [0.1, 0.15) is 52.4 Å². The summed E-state index contributed by atoms with van der Waals surface area (Å²) in [7, 11) is 0. The molecular weight excluding hydrogens is 186 g/mol. The van der Waals surface area contributed by atoms with Crippen LogP contribution in [0.5, 0.6) is 0 Å². The summed E-state index contributed by atoms with van der Waals surface area (Å²) in [5.74, 6) is 0.740. The topological polar surface area (TPSA) is 21.3 Å². The lowest BCUT2D eigenvalue weighted by Crippen LogP contribution is -2.61. The molecule has 1 unspecified atom stereocenters. The molecule has 15 heavy (non-hydrogen) atoms. The number of morpholine rings is 1. The Kier molecular flexibility index (Phi) is 3.68. The van der Waals surface area contributed by atoms with Crippen molar-refractivity contribution in [1.29, 1.82) is 0 Å². The van der Waals surface area contributed by atoms with E-state index in [0.717, 1.165) is 19.1 Å². The molecule has 0 amide bonds. The van der Waals surface area contributed by atoms with Crippen LogP contribution in [-0.2, 0) is 4.74 Å². The summed E-state index contributed by atoms with van der Waals surface area (Å²) in [6.07, 6.45) is 8.06. The van der Waals surface area contributed by atoms with E-state index in [-0.39, 0.29) is 0 Å². The predicted octanol–water partition coefficient (Wildman–Crippen LogP) is 2.72. The molecule has 2 heteroatoms. The minimum atomic E-state index is 0.338. The molecule has 0 aromatic carbocycles. The highest BCUT2D eigenvalue weighted by Gasteiger charge is 2.38. The molecule has 2 atom stereocenters. The van der Waals surface area contributed by atoms with Crippen LogP contribution in [0.2, 0.25) is 0 Å². The first kappa shape index (κ1) is 11.4. The van der Waals surface area contributed by atoms with Gasteiger partial charge in [0.1, 0.15) is 0 Å². The van der Waals surface area contributed by atoms with E-state index >= 15 is 0 Å². The maximum Gasteiger partial charge on any atom is 0.0649 e. The fourth-order valence-corrected chi connectivity index (χ4v) is 2.97. The van der Waals surface area contributed by atoms with Crippen molar-refractivity contribution in [2.75, 3.05) is 13.2 Å². The van der Waals surface area contributed by atoms with E-state index in [1.54, 1.807) is 0 Å². The molecule has 1 saturated heterocycles. The molecule has 1 spiro atoms. The molecule has 1 aliphatic heterocycles. The lowest BCUT2D eigenvalue weighted by Gasteiger charge is -2.46. The van der Waals surface area contributed by atoms with Crippen LogP contribution in [-0.4, -0.2) is 24.8 Å². The molecule has 2 aliphatic rings. The van der Waals surface area contributed by atoms with Crippen LogP contribution in [0.25, 0.3) is 0 Å². The standard InChI is InChI=1S/C13H25NO/c1-3-11(2)12-9-15-10-13(14-12)7-5-4-6-8-13/h11-12,14H,3-10H2,1-2H3/t11?,12-/m1/s1. The number of hydrogen-bond acceptors (Lipinski definition) is 2. The molecule has 1 aliphatic carbocycles. The van der Waals surface area contributed by atoms with Gasteiger partial charge in [-0.15, -0.1) is 0 Å². The summed E-state index contributed by atoms with van der Waals surface area (Å²) < 4.78 is 5.84. The molecule has 0 aromatic rings. The van der Waals surface area contributed by atoms with Gasteiger partial charge < -0.3 is 10.1 Å². The number of hydrogen-bond donors (Lipinski definition) is 1. The summed E-state index contributed by atoms with van der Waals surface area (Å²) in [6, 6.07) is 0.585. The average Bonchev–Trinajstić information content (AvgIpc) is 2.29. The Morgan fingerprint density at radius 1 is 1.33 bits per heavy atom. The Morgan fingerprint density at radius 2 is 2.07 bits per heavy atom. The molecule has 1 heterocycles. The van der Waals surface area contributed by atoms with Crippen molar-refractivity contribution in [1.82, 2.24) is 5.32 Å².